The molecule has 0 bridgehead atoms. The van der Waals surface area contributed by atoms with Crippen molar-refractivity contribution in [2.45, 2.75) is 19.5 Å². The molecule has 0 radical (unpaired) electrons. The first-order valence-corrected chi connectivity index (χ1v) is 6.57. The largest absolute Gasteiger partial charge is 0.305 e. The Labute approximate surface area is 109 Å². The molecule has 1 N–H and O–H groups in total. The molecule has 0 saturated carbocycles. The third-order valence-electron chi connectivity index (χ3n) is 2.58. The summed E-state index contributed by atoms with van der Waals surface area (Å²) >= 11 is 7.43. The van der Waals surface area contributed by atoms with E-state index >= 15 is 0 Å². The summed E-state index contributed by atoms with van der Waals surface area (Å²) in [6.07, 6.45) is 0. The lowest BCUT2D eigenvalue weighted by atomic mass is 10.1. The van der Waals surface area contributed by atoms with Crippen LogP contribution in [-0.2, 0) is 6.54 Å². The zero-order valence-corrected chi connectivity index (χ0v) is 11.0. The topological polar surface area (TPSA) is 12.0 Å². The summed E-state index contributed by atoms with van der Waals surface area (Å²) in [5, 5.41) is 3.38. The first kappa shape index (κ1) is 12.6. The van der Waals surface area contributed by atoms with E-state index in [-0.39, 0.29) is 11.9 Å². The Hall–Kier alpha value is -0.900. The third-order valence-corrected chi connectivity index (χ3v) is 3.81. The zero-order valence-electron chi connectivity index (χ0n) is 9.41. The van der Waals surface area contributed by atoms with Gasteiger partial charge in [0.1, 0.15) is 5.82 Å². The summed E-state index contributed by atoms with van der Waals surface area (Å²) in [5.74, 6) is -0.203. The molecule has 0 saturated heterocycles. The van der Waals surface area contributed by atoms with Crippen molar-refractivity contribution in [3.8, 4) is 0 Å². The molecule has 0 fully saturated rings. The van der Waals surface area contributed by atoms with Gasteiger partial charge in [0.05, 0.1) is 4.34 Å². The smallest absolute Gasteiger partial charge is 0.123 e. The van der Waals surface area contributed by atoms with Gasteiger partial charge in [-0.3, -0.25) is 0 Å². The minimum Gasteiger partial charge on any atom is -0.305 e. The van der Waals surface area contributed by atoms with Crippen molar-refractivity contribution in [2.24, 2.45) is 0 Å². The Balaban J connectivity index is 1.93. The van der Waals surface area contributed by atoms with E-state index in [1.807, 2.05) is 12.1 Å². The number of thiophene rings is 1. The van der Waals surface area contributed by atoms with Crippen molar-refractivity contribution in [3.63, 3.8) is 0 Å². The number of benzene rings is 1. The standard InChI is InChI=1S/C13H13ClFNS/c1-9(10-2-4-11(15)5-3-10)16-8-12-6-7-13(14)17-12/h2-7,9,16H,8H2,1H3/t9-/m1/s1. The number of hydrogen-bond donors (Lipinski definition) is 1. The van der Waals surface area contributed by atoms with Gasteiger partial charge in [0.25, 0.3) is 0 Å². The second kappa shape index (κ2) is 5.63. The molecule has 1 aromatic heterocycles. The van der Waals surface area contributed by atoms with Gasteiger partial charge < -0.3 is 5.32 Å². The van der Waals surface area contributed by atoms with E-state index in [1.165, 1.54) is 17.0 Å². The predicted molar refractivity (Wildman–Crippen MR) is 71.0 cm³/mol. The van der Waals surface area contributed by atoms with Gasteiger partial charge in [0.15, 0.2) is 0 Å². The average molecular weight is 270 g/mol. The molecule has 0 unspecified atom stereocenters. The Kier molecular flexibility index (Phi) is 4.15. The third kappa shape index (κ3) is 3.53. The van der Waals surface area contributed by atoms with E-state index < -0.39 is 0 Å². The predicted octanol–water partition coefficient (Wildman–Crippen LogP) is 4.39. The Morgan fingerprint density at radius 1 is 1.24 bits per heavy atom. The van der Waals surface area contributed by atoms with Gasteiger partial charge in [-0.25, -0.2) is 4.39 Å². The van der Waals surface area contributed by atoms with E-state index in [2.05, 4.69) is 12.2 Å². The second-order valence-corrected chi connectivity index (χ2v) is 5.66. The van der Waals surface area contributed by atoms with Gasteiger partial charge >= 0.3 is 0 Å². The first-order chi connectivity index (χ1) is 8.15. The molecule has 0 aliphatic heterocycles. The molecule has 0 aliphatic carbocycles. The fourth-order valence-electron chi connectivity index (χ4n) is 1.57. The molecule has 17 heavy (non-hydrogen) atoms. The van der Waals surface area contributed by atoms with Gasteiger partial charge in [-0.15, -0.1) is 11.3 Å². The van der Waals surface area contributed by atoms with Crippen LogP contribution in [-0.4, -0.2) is 0 Å². The second-order valence-electron chi connectivity index (χ2n) is 3.86. The van der Waals surface area contributed by atoms with E-state index in [1.54, 1.807) is 23.5 Å². The van der Waals surface area contributed by atoms with Gasteiger partial charge in [0.2, 0.25) is 0 Å². The molecular weight excluding hydrogens is 257 g/mol. The van der Waals surface area contributed by atoms with Gasteiger partial charge in [0, 0.05) is 17.5 Å². The summed E-state index contributed by atoms with van der Waals surface area (Å²) in [6, 6.07) is 10.7. The van der Waals surface area contributed by atoms with Crippen LogP contribution in [0.2, 0.25) is 4.34 Å². The Morgan fingerprint density at radius 2 is 1.94 bits per heavy atom. The Bertz CT molecular complexity index is 480. The lowest BCUT2D eigenvalue weighted by molar-refractivity contribution is 0.575. The maximum atomic E-state index is 12.8. The summed E-state index contributed by atoms with van der Waals surface area (Å²) in [6.45, 7) is 2.83. The molecule has 0 spiro atoms. The maximum Gasteiger partial charge on any atom is 0.123 e. The minimum atomic E-state index is -0.203. The van der Waals surface area contributed by atoms with Crippen molar-refractivity contribution < 1.29 is 4.39 Å². The molecular formula is C13H13ClFNS. The maximum absolute atomic E-state index is 12.8. The monoisotopic (exact) mass is 269 g/mol. The summed E-state index contributed by atoms with van der Waals surface area (Å²) in [7, 11) is 0. The molecule has 2 aromatic rings. The van der Waals surface area contributed by atoms with E-state index in [9.17, 15) is 4.39 Å². The molecule has 90 valence electrons. The van der Waals surface area contributed by atoms with Crippen LogP contribution in [0, 0.1) is 5.82 Å². The molecule has 1 nitrogen and oxygen atoms in total. The normalized spacial score (nSPS) is 12.6. The van der Waals surface area contributed by atoms with Crippen molar-refractivity contribution in [2.75, 3.05) is 0 Å². The first-order valence-electron chi connectivity index (χ1n) is 5.38. The summed E-state index contributed by atoms with van der Waals surface area (Å²) in [4.78, 5) is 1.20. The van der Waals surface area contributed by atoms with Gasteiger partial charge in [-0.2, -0.15) is 0 Å². The lowest BCUT2D eigenvalue weighted by Gasteiger charge is -2.13. The van der Waals surface area contributed by atoms with Crippen molar-refractivity contribution in [3.05, 3.63) is 57.0 Å². The van der Waals surface area contributed by atoms with Gasteiger partial charge in [-0.1, -0.05) is 23.7 Å². The summed E-state index contributed by atoms with van der Waals surface area (Å²) < 4.78 is 13.6. The highest BCUT2D eigenvalue weighted by Gasteiger charge is 2.05. The van der Waals surface area contributed by atoms with Crippen molar-refractivity contribution in [1.82, 2.24) is 5.32 Å². The highest BCUT2D eigenvalue weighted by Crippen LogP contribution is 2.22. The molecule has 0 amide bonds. The fourth-order valence-corrected chi connectivity index (χ4v) is 2.61. The highest BCUT2D eigenvalue weighted by atomic mass is 35.5. The lowest BCUT2D eigenvalue weighted by Crippen LogP contribution is -2.17. The van der Waals surface area contributed by atoms with Crippen molar-refractivity contribution >= 4 is 22.9 Å². The fraction of sp³-hybridized carbons (Fsp3) is 0.231. The number of nitrogens with one attached hydrogen (secondary N) is 1. The van der Waals surface area contributed by atoms with Crippen LogP contribution in [0.4, 0.5) is 4.39 Å². The molecule has 1 heterocycles. The van der Waals surface area contributed by atoms with Crippen LogP contribution in [0.1, 0.15) is 23.4 Å². The quantitative estimate of drug-likeness (QED) is 0.868. The van der Waals surface area contributed by atoms with Crippen LogP contribution in [0.25, 0.3) is 0 Å². The highest BCUT2D eigenvalue weighted by molar-refractivity contribution is 7.16. The molecule has 4 heteroatoms. The average Bonchev–Trinajstić information content (AvgIpc) is 2.73. The SMILES string of the molecule is C[C@@H](NCc1ccc(Cl)s1)c1ccc(F)cc1. The molecule has 0 aliphatic rings. The van der Waals surface area contributed by atoms with Crippen LogP contribution in [0.3, 0.4) is 0 Å². The Morgan fingerprint density at radius 3 is 2.53 bits per heavy atom. The van der Waals surface area contributed by atoms with Crippen LogP contribution >= 0.6 is 22.9 Å². The van der Waals surface area contributed by atoms with Gasteiger partial charge in [-0.05, 0) is 36.8 Å². The minimum absolute atomic E-state index is 0.191. The number of hydrogen-bond acceptors (Lipinski definition) is 2. The molecule has 1 atom stereocenters. The van der Waals surface area contributed by atoms with Crippen LogP contribution < -0.4 is 5.32 Å². The van der Waals surface area contributed by atoms with Crippen LogP contribution in [0.15, 0.2) is 36.4 Å². The zero-order chi connectivity index (χ0) is 12.3. The van der Waals surface area contributed by atoms with E-state index in [0.29, 0.717) is 0 Å². The number of rotatable bonds is 4. The summed E-state index contributed by atoms with van der Waals surface area (Å²) in [5.41, 5.74) is 1.08. The molecule has 2 rings (SSSR count). The number of halogens is 2. The van der Waals surface area contributed by atoms with E-state index in [0.717, 1.165) is 16.4 Å². The van der Waals surface area contributed by atoms with E-state index in [4.69, 9.17) is 11.6 Å². The molecule has 1 aromatic carbocycles. The van der Waals surface area contributed by atoms with Crippen LogP contribution in [0.5, 0.6) is 0 Å². The van der Waals surface area contributed by atoms with Crippen molar-refractivity contribution in [1.29, 1.82) is 0 Å².